The molecule has 0 fully saturated rings. The van der Waals surface area contributed by atoms with E-state index in [9.17, 15) is 0 Å². The van der Waals surface area contributed by atoms with Crippen LogP contribution >= 0.6 is 0 Å². The highest BCUT2D eigenvalue weighted by atomic mass is 14.6. The molecule has 0 bridgehead atoms. The molecule has 14 heavy (non-hydrogen) atoms. The second-order valence-electron chi connectivity index (χ2n) is 3.98. The van der Waals surface area contributed by atoms with Gasteiger partial charge < -0.3 is 5.73 Å². The maximum atomic E-state index is 6.01. The van der Waals surface area contributed by atoms with E-state index < -0.39 is 0 Å². The zero-order valence-electron chi connectivity index (χ0n) is 8.72. The Morgan fingerprint density at radius 3 is 2.29 bits per heavy atom. The predicted octanol–water partition coefficient (Wildman–Crippen LogP) is 3.22. The lowest BCUT2D eigenvalue weighted by atomic mass is 9.87. The molecule has 0 atom stereocenters. The minimum absolute atomic E-state index is 0.973. The van der Waals surface area contributed by atoms with Crippen molar-refractivity contribution in [3.8, 4) is 0 Å². The standard InChI is InChI=1S/C13H17N/c1-10-6-2-3-7-11(10)12-8-4-5-9-13(12)14/h2,5-6,9H,3-4,7-8,14H2,1H3. The molecule has 1 nitrogen and oxygen atoms in total. The average molecular weight is 187 g/mol. The van der Waals surface area contributed by atoms with Gasteiger partial charge in [0.25, 0.3) is 0 Å². The van der Waals surface area contributed by atoms with Crippen LogP contribution in [-0.4, -0.2) is 0 Å². The first-order valence-corrected chi connectivity index (χ1v) is 5.31. The molecular weight excluding hydrogens is 170 g/mol. The smallest absolute Gasteiger partial charge is 0.0346 e. The minimum Gasteiger partial charge on any atom is -0.399 e. The summed E-state index contributed by atoms with van der Waals surface area (Å²) >= 11 is 0. The first-order valence-electron chi connectivity index (χ1n) is 5.31. The van der Waals surface area contributed by atoms with E-state index in [0.717, 1.165) is 31.4 Å². The second-order valence-corrected chi connectivity index (χ2v) is 3.98. The topological polar surface area (TPSA) is 26.0 Å². The van der Waals surface area contributed by atoms with Crippen LogP contribution < -0.4 is 5.73 Å². The summed E-state index contributed by atoms with van der Waals surface area (Å²) in [4.78, 5) is 0. The van der Waals surface area contributed by atoms with Gasteiger partial charge in [-0.3, -0.25) is 0 Å². The highest BCUT2D eigenvalue weighted by Crippen LogP contribution is 2.31. The molecular formula is C13H17N. The molecule has 2 N–H and O–H groups in total. The lowest BCUT2D eigenvalue weighted by molar-refractivity contribution is 0.869. The van der Waals surface area contributed by atoms with Crippen LogP contribution in [0.15, 0.2) is 46.7 Å². The molecule has 1 heteroatoms. The fraction of sp³-hybridized carbons (Fsp3) is 0.385. The molecule has 0 saturated carbocycles. The third-order valence-corrected chi connectivity index (χ3v) is 2.98. The molecule has 0 aromatic heterocycles. The number of hydrogen-bond donors (Lipinski definition) is 1. The van der Waals surface area contributed by atoms with Crippen molar-refractivity contribution >= 4 is 0 Å². The Bertz CT molecular complexity index is 317. The van der Waals surface area contributed by atoms with Crippen molar-refractivity contribution in [1.82, 2.24) is 0 Å². The lowest BCUT2D eigenvalue weighted by Crippen LogP contribution is -2.07. The van der Waals surface area contributed by atoms with E-state index in [1.807, 2.05) is 0 Å². The first kappa shape index (κ1) is 9.32. The highest BCUT2D eigenvalue weighted by Gasteiger charge is 2.13. The van der Waals surface area contributed by atoms with Gasteiger partial charge in [-0.1, -0.05) is 18.2 Å². The maximum Gasteiger partial charge on any atom is 0.0346 e. The first-order chi connectivity index (χ1) is 6.79. The molecule has 0 aromatic rings. The average Bonchev–Trinajstić information content (AvgIpc) is 2.20. The zero-order chi connectivity index (χ0) is 9.97. The van der Waals surface area contributed by atoms with Crippen molar-refractivity contribution in [2.75, 3.05) is 0 Å². The Morgan fingerprint density at radius 2 is 1.64 bits per heavy atom. The van der Waals surface area contributed by atoms with E-state index >= 15 is 0 Å². The molecule has 0 amide bonds. The van der Waals surface area contributed by atoms with E-state index in [4.69, 9.17) is 5.73 Å². The Balaban J connectivity index is 2.38. The summed E-state index contributed by atoms with van der Waals surface area (Å²) in [7, 11) is 0. The molecule has 74 valence electrons. The van der Waals surface area contributed by atoms with E-state index in [-0.39, 0.29) is 0 Å². The van der Waals surface area contributed by atoms with E-state index in [0.29, 0.717) is 0 Å². The van der Waals surface area contributed by atoms with Crippen molar-refractivity contribution in [2.24, 2.45) is 5.73 Å². The van der Waals surface area contributed by atoms with Crippen molar-refractivity contribution in [3.05, 3.63) is 46.7 Å². The van der Waals surface area contributed by atoms with Gasteiger partial charge >= 0.3 is 0 Å². The summed E-state index contributed by atoms with van der Waals surface area (Å²) < 4.78 is 0. The predicted molar refractivity (Wildman–Crippen MR) is 60.7 cm³/mol. The van der Waals surface area contributed by atoms with E-state index in [1.54, 1.807) is 0 Å². The van der Waals surface area contributed by atoms with Gasteiger partial charge in [0.05, 0.1) is 0 Å². The Hall–Kier alpha value is -1.24. The minimum atomic E-state index is 0.973. The molecule has 2 aliphatic rings. The van der Waals surface area contributed by atoms with Crippen LogP contribution in [-0.2, 0) is 0 Å². The summed E-state index contributed by atoms with van der Waals surface area (Å²) in [6, 6.07) is 0. The number of allylic oxidation sites excluding steroid dienone is 7. The molecule has 0 spiro atoms. The van der Waals surface area contributed by atoms with Crippen LogP contribution in [0.5, 0.6) is 0 Å². The van der Waals surface area contributed by atoms with Gasteiger partial charge in [0.15, 0.2) is 0 Å². The highest BCUT2D eigenvalue weighted by molar-refractivity contribution is 5.47. The van der Waals surface area contributed by atoms with Crippen LogP contribution in [0.2, 0.25) is 0 Å². The monoisotopic (exact) mass is 187 g/mol. The van der Waals surface area contributed by atoms with Gasteiger partial charge in [0, 0.05) is 5.70 Å². The molecule has 0 saturated heterocycles. The Morgan fingerprint density at radius 1 is 1.00 bits per heavy atom. The molecule has 0 aliphatic heterocycles. The molecule has 2 rings (SSSR count). The van der Waals surface area contributed by atoms with E-state index in [2.05, 4.69) is 31.2 Å². The van der Waals surface area contributed by atoms with Crippen LogP contribution in [0, 0.1) is 0 Å². The largest absolute Gasteiger partial charge is 0.399 e. The van der Waals surface area contributed by atoms with Crippen LogP contribution in [0.25, 0.3) is 0 Å². The fourth-order valence-electron chi connectivity index (χ4n) is 2.18. The van der Waals surface area contributed by atoms with Gasteiger partial charge in [-0.2, -0.15) is 0 Å². The van der Waals surface area contributed by atoms with Crippen molar-refractivity contribution in [2.45, 2.75) is 32.6 Å². The van der Waals surface area contributed by atoms with Crippen molar-refractivity contribution in [1.29, 1.82) is 0 Å². The summed E-state index contributed by atoms with van der Waals surface area (Å²) in [6.45, 7) is 2.18. The third-order valence-electron chi connectivity index (χ3n) is 2.98. The molecule has 0 aromatic carbocycles. The summed E-state index contributed by atoms with van der Waals surface area (Å²) in [5.74, 6) is 0. The van der Waals surface area contributed by atoms with Crippen LogP contribution in [0.4, 0.5) is 0 Å². The van der Waals surface area contributed by atoms with Gasteiger partial charge in [-0.05, 0) is 55.4 Å². The second kappa shape index (κ2) is 3.87. The SMILES string of the molecule is CC1=C(C2=C(N)C=CCC2)CCC=C1. The normalized spacial score (nSPS) is 22.1. The maximum absolute atomic E-state index is 6.01. The van der Waals surface area contributed by atoms with Gasteiger partial charge in [0.2, 0.25) is 0 Å². The van der Waals surface area contributed by atoms with Gasteiger partial charge in [0.1, 0.15) is 0 Å². The third kappa shape index (κ3) is 1.67. The van der Waals surface area contributed by atoms with Crippen LogP contribution in [0.3, 0.4) is 0 Å². The Kier molecular flexibility index (Phi) is 2.58. The Labute approximate surface area is 85.7 Å². The van der Waals surface area contributed by atoms with Gasteiger partial charge in [-0.15, -0.1) is 0 Å². The zero-order valence-corrected chi connectivity index (χ0v) is 8.72. The quantitative estimate of drug-likeness (QED) is 0.670. The fourth-order valence-corrected chi connectivity index (χ4v) is 2.18. The summed E-state index contributed by atoms with van der Waals surface area (Å²) in [5.41, 5.74) is 11.2. The van der Waals surface area contributed by atoms with Crippen molar-refractivity contribution < 1.29 is 0 Å². The number of nitrogens with two attached hydrogens (primary N) is 1. The number of hydrogen-bond acceptors (Lipinski definition) is 1. The molecule has 0 radical (unpaired) electrons. The van der Waals surface area contributed by atoms with E-state index in [1.165, 1.54) is 16.7 Å². The van der Waals surface area contributed by atoms with Gasteiger partial charge in [-0.25, -0.2) is 0 Å². The summed E-state index contributed by atoms with van der Waals surface area (Å²) in [5, 5.41) is 0. The summed E-state index contributed by atoms with van der Waals surface area (Å²) in [6.07, 6.45) is 13.2. The molecule has 0 heterocycles. The number of rotatable bonds is 1. The molecule has 2 aliphatic carbocycles. The van der Waals surface area contributed by atoms with Crippen molar-refractivity contribution in [3.63, 3.8) is 0 Å². The lowest BCUT2D eigenvalue weighted by Gasteiger charge is -2.20. The van der Waals surface area contributed by atoms with Crippen LogP contribution in [0.1, 0.15) is 32.6 Å². The molecule has 0 unspecified atom stereocenters.